The highest BCUT2D eigenvalue weighted by Gasteiger charge is 2.21. The zero-order chi connectivity index (χ0) is 30.3. The molecule has 212 valence electrons. The van der Waals surface area contributed by atoms with Gasteiger partial charge in [0.1, 0.15) is 11.2 Å². The van der Waals surface area contributed by atoms with Crippen molar-refractivity contribution in [2.24, 2.45) is 0 Å². The van der Waals surface area contributed by atoms with Crippen LogP contribution in [0.1, 0.15) is 11.1 Å². The molecule has 0 aliphatic heterocycles. The Balaban J connectivity index is 1.42. The molecule has 0 saturated carbocycles. The van der Waals surface area contributed by atoms with Crippen LogP contribution in [0.25, 0.3) is 89.4 Å². The number of benzene rings is 7. The highest BCUT2D eigenvalue weighted by molar-refractivity contribution is 6.16. The summed E-state index contributed by atoms with van der Waals surface area (Å²) in [5.74, 6) is 0. The molecular weight excluding hydrogens is 544 g/mol. The van der Waals surface area contributed by atoms with Crippen molar-refractivity contribution in [3.05, 3.63) is 170 Å². The summed E-state index contributed by atoms with van der Waals surface area (Å²) in [6.45, 7) is 8.64. The van der Waals surface area contributed by atoms with Crippen molar-refractivity contribution in [2.45, 2.75) is 0 Å². The Hall–Kier alpha value is -5.92. The molecule has 0 spiro atoms. The van der Waals surface area contributed by atoms with E-state index < -0.39 is 0 Å². The number of hydrogen-bond acceptors (Lipinski definition) is 1. The van der Waals surface area contributed by atoms with E-state index in [0.29, 0.717) is 0 Å². The molecule has 8 aromatic rings. The van der Waals surface area contributed by atoms with Crippen molar-refractivity contribution in [3.8, 4) is 44.5 Å². The van der Waals surface area contributed by atoms with Crippen molar-refractivity contribution in [1.29, 1.82) is 0 Å². The lowest BCUT2D eigenvalue weighted by atomic mass is 9.82. The Bertz CT molecular complexity index is 2370. The van der Waals surface area contributed by atoms with Crippen LogP contribution in [0.15, 0.2) is 163 Å². The monoisotopic (exact) mass is 574 g/mol. The van der Waals surface area contributed by atoms with Gasteiger partial charge in [-0.25, -0.2) is 0 Å². The second-order valence-electron chi connectivity index (χ2n) is 11.3. The maximum atomic E-state index is 6.51. The molecule has 0 unspecified atom stereocenters. The molecule has 0 aliphatic carbocycles. The van der Waals surface area contributed by atoms with E-state index in [-0.39, 0.29) is 0 Å². The first-order valence-corrected chi connectivity index (χ1v) is 15.3. The van der Waals surface area contributed by atoms with Crippen LogP contribution >= 0.6 is 0 Å². The fourth-order valence-corrected chi connectivity index (χ4v) is 6.83. The van der Waals surface area contributed by atoms with Crippen LogP contribution in [0.2, 0.25) is 0 Å². The molecule has 1 aromatic heterocycles. The van der Waals surface area contributed by atoms with Gasteiger partial charge in [0.15, 0.2) is 0 Å². The van der Waals surface area contributed by atoms with Crippen LogP contribution in [-0.4, -0.2) is 0 Å². The van der Waals surface area contributed by atoms with Gasteiger partial charge in [0.2, 0.25) is 0 Å². The highest BCUT2D eigenvalue weighted by atomic mass is 16.3. The molecule has 0 saturated heterocycles. The molecule has 45 heavy (non-hydrogen) atoms. The first-order valence-electron chi connectivity index (χ1n) is 15.3. The Labute approximate surface area is 263 Å². The van der Waals surface area contributed by atoms with Crippen molar-refractivity contribution in [3.63, 3.8) is 0 Å². The van der Waals surface area contributed by atoms with Gasteiger partial charge in [0, 0.05) is 10.8 Å². The SMILES string of the molecule is C=Cc1c(C=C)c(-c2cc(-c3ccccc3)c3c(c2)oc2ccccc23)c2ccccc2c1-c1ccc(-c2ccccc2)cc1. The third kappa shape index (κ3) is 4.41. The molecule has 7 aromatic carbocycles. The van der Waals surface area contributed by atoms with E-state index in [1.54, 1.807) is 0 Å². The van der Waals surface area contributed by atoms with Gasteiger partial charge in [-0.05, 0) is 84.6 Å². The van der Waals surface area contributed by atoms with E-state index in [0.717, 1.165) is 71.8 Å². The van der Waals surface area contributed by atoms with Crippen molar-refractivity contribution in [2.75, 3.05) is 0 Å². The summed E-state index contributed by atoms with van der Waals surface area (Å²) in [6.07, 6.45) is 3.96. The predicted molar refractivity (Wildman–Crippen MR) is 193 cm³/mol. The molecule has 0 radical (unpaired) electrons. The minimum Gasteiger partial charge on any atom is -0.456 e. The highest BCUT2D eigenvalue weighted by Crippen LogP contribution is 2.46. The number of rotatable bonds is 6. The standard InChI is InChI=1S/C44H30O/c1-3-34-35(4-2)43(33-27-39(31-17-9-6-10-18-31)44-38-21-13-14-22-40(38)45-41(44)28-33)37-20-12-11-19-36(37)42(34)32-25-23-30(24-26-32)29-15-7-5-8-16-29/h3-28H,1-2H2. The van der Waals surface area contributed by atoms with Crippen LogP contribution in [0.5, 0.6) is 0 Å². The third-order valence-corrected chi connectivity index (χ3v) is 8.84. The van der Waals surface area contributed by atoms with Crippen molar-refractivity contribution < 1.29 is 4.42 Å². The summed E-state index contributed by atoms with van der Waals surface area (Å²) in [5, 5.41) is 4.58. The number of para-hydroxylation sites is 1. The van der Waals surface area contributed by atoms with Gasteiger partial charge in [0.25, 0.3) is 0 Å². The molecule has 1 nitrogen and oxygen atoms in total. The number of furan rings is 1. The van der Waals surface area contributed by atoms with Crippen molar-refractivity contribution >= 4 is 44.9 Å². The number of fused-ring (bicyclic) bond motifs is 4. The van der Waals surface area contributed by atoms with Gasteiger partial charge in [-0.1, -0.05) is 153 Å². The first-order chi connectivity index (χ1) is 22.2. The van der Waals surface area contributed by atoms with Crippen LogP contribution in [0.3, 0.4) is 0 Å². The van der Waals surface area contributed by atoms with E-state index in [9.17, 15) is 0 Å². The maximum absolute atomic E-state index is 6.51. The van der Waals surface area contributed by atoms with E-state index >= 15 is 0 Å². The summed E-state index contributed by atoms with van der Waals surface area (Å²) in [7, 11) is 0. The molecule has 1 heterocycles. The van der Waals surface area contributed by atoms with Crippen LogP contribution in [0.4, 0.5) is 0 Å². The Kier molecular flexibility index (Phi) is 6.51. The molecule has 8 rings (SSSR count). The minimum absolute atomic E-state index is 0.868. The Morgan fingerprint density at radius 1 is 0.400 bits per heavy atom. The molecular formula is C44H30O. The lowest BCUT2D eigenvalue weighted by Crippen LogP contribution is -1.96. The normalized spacial score (nSPS) is 11.3. The van der Waals surface area contributed by atoms with Gasteiger partial charge in [-0.2, -0.15) is 0 Å². The molecule has 1 heteroatoms. The maximum Gasteiger partial charge on any atom is 0.136 e. The Morgan fingerprint density at radius 2 is 0.889 bits per heavy atom. The quantitative estimate of drug-likeness (QED) is 0.192. The average Bonchev–Trinajstić information content (AvgIpc) is 3.49. The lowest BCUT2D eigenvalue weighted by Gasteiger charge is -2.21. The second kappa shape index (κ2) is 11.0. The molecule has 0 fully saturated rings. The second-order valence-corrected chi connectivity index (χ2v) is 11.3. The van der Waals surface area contributed by atoms with E-state index in [1.807, 2.05) is 30.4 Å². The zero-order valence-corrected chi connectivity index (χ0v) is 24.8. The molecule has 0 N–H and O–H groups in total. The fraction of sp³-hybridized carbons (Fsp3) is 0. The van der Waals surface area contributed by atoms with Gasteiger partial charge in [0.05, 0.1) is 0 Å². The third-order valence-electron chi connectivity index (χ3n) is 8.84. The molecule has 0 atom stereocenters. The summed E-state index contributed by atoms with van der Waals surface area (Å²) in [5.41, 5.74) is 13.1. The molecule has 0 aliphatic rings. The van der Waals surface area contributed by atoms with Gasteiger partial charge < -0.3 is 4.42 Å². The zero-order valence-electron chi connectivity index (χ0n) is 24.8. The predicted octanol–water partition coefficient (Wildman–Crippen LogP) is 12.7. The fourth-order valence-electron chi connectivity index (χ4n) is 6.83. The van der Waals surface area contributed by atoms with Gasteiger partial charge >= 0.3 is 0 Å². The number of hydrogen-bond donors (Lipinski definition) is 0. The summed E-state index contributed by atoms with van der Waals surface area (Å²) >= 11 is 0. The molecule has 0 bridgehead atoms. The summed E-state index contributed by atoms with van der Waals surface area (Å²) < 4.78 is 6.51. The summed E-state index contributed by atoms with van der Waals surface area (Å²) in [4.78, 5) is 0. The first kappa shape index (κ1) is 26.7. The van der Waals surface area contributed by atoms with E-state index in [2.05, 4.69) is 141 Å². The topological polar surface area (TPSA) is 13.1 Å². The summed E-state index contributed by atoms with van der Waals surface area (Å²) in [6, 6.07) is 51.4. The van der Waals surface area contributed by atoms with Crippen LogP contribution in [-0.2, 0) is 0 Å². The van der Waals surface area contributed by atoms with Crippen molar-refractivity contribution in [1.82, 2.24) is 0 Å². The lowest BCUT2D eigenvalue weighted by molar-refractivity contribution is 0.669. The molecule has 0 amide bonds. The largest absolute Gasteiger partial charge is 0.456 e. The van der Waals surface area contributed by atoms with Crippen LogP contribution < -0.4 is 0 Å². The van der Waals surface area contributed by atoms with E-state index in [1.165, 1.54) is 16.5 Å². The van der Waals surface area contributed by atoms with Crippen LogP contribution in [0, 0.1) is 0 Å². The Morgan fingerprint density at radius 3 is 1.51 bits per heavy atom. The van der Waals surface area contributed by atoms with Gasteiger partial charge in [-0.3, -0.25) is 0 Å². The average molecular weight is 575 g/mol. The van der Waals surface area contributed by atoms with Gasteiger partial charge in [-0.15, -0.1) is 0 Å². The minimum atomic E-state index is 0.868. The smallest absolute Gasteiger partial charge is 0.136 e. The van der Waals surface area contributed by atoms with E-state index in [4.69, 9.17) is 4.42 Å².